The van der Waals surface area contributed by atoms with Gasteiger partial charge in [-0.15, -0.1) is 0 Å². The molecule has 0 radical (unpaired) electrons. The number of alkyl halides is 3. The molecule has 25 heavy (non-hydrogen) atoms. The van der Waals surface area contributed by atoms with E-state index in [4.69, 9.17) is 9.15 Å². The lowest BCUT2D eigenvalue weighted by atomic mass is 10.2. The third-order valence-electron chi connectivity index (χ3n) is 3.87. The number of halogens is 3. The second-order valence-corrected chi connectivity index (χ2v) is 7.68. The maximum atomic E-state index is 12.6. The molecule has 138 valence electrons. The second kappa shape index (κ2) is 6.46. The van der Waals surface area contributed by atoms with Gasteiger partial charge in [-0.3, -0.25) is 5.10 Å². The first-order chi connectivity index (χ1) is 11.7. The first-order valence-corrected chi connectivity index (χ1v) is 8.92. The SMILES string of the molecule is CN(C[C@H]1CCCO1)S(=O)(=O)c1ccc(-c2cc(C(F)(F)F)[nH]n2)o1. The molecule has 1 aliphatic rings. The van der Waals surface area contributed by atoms with Crippen LogP contribution in [0.15, 0.2) is 27.7 Å². The van der Waals surface area contributed by atoms with Crippen LogP contribution >= 0.6 is 0 Å². The van der Waals surface area contributed by atoms with Crippen molar-refractivity contribution >= 4 is 10.0 Å². The van der Waals surface area contributed by atoms with E-state index in [1.807, 2.05) is 5.10 Å². The quantitative estimate of drug-likeness (QED) is 0.862. The summed E-state index contributed by atoms with van der Waals surface area (Å²) in [5, 5.41) is 5.00. The minimum Gasteiger partial charge on any atom is -0.442 e. The fourth-order valence-corrected chi connectivity index (χ4v) is 3.62. The summed E-state index contributed by atoms with van der Waals surface area (Å²) in [6, 6.07) is 3.22. The maximum absolute atomic E-state index is 12.6. The number of hydrogen-bond acceptors (Lipinski definition) is 5. The highest BCUT2D eigenvalue weighted by molar-refractivity contribution is 7.89. The molecular formula is C14H16F3N3O4S. The number of nitrogens with zero attached hydrogens (tertiary/aromatic N) is 2. The van der Waals surface area contributed by atoms with Gasteiger partial charge >= 0.3 is 6.18 Å². The second-order valence-electron chi connectivity index (χ2n) is 5.70. The number of H-pyrrole nitrogens is 1. The monoisotopic (exact) mass is 379 g/mol. The molecule has 0 saturated carbocycles. The largest absolute Gasteiger partial charge is 0.442 e. The van der Waals surface area contributed by atoms with E-state index in [2.05, 4.69) is 5.10 Å². The molecule has 1 saturated heterocycles. The highest BCUT2D eigenvalue weighted by atomic mass is 32.2. The van der Waals surface area contributed by atoms with Crippen molar-refractivity contribution in [2.24, 2.45) is 0 Å². The van der Waals surface area contributed by atoms with Crippen molar-refractivity contribution in [3.63, 3.8) is 0 Å². The van der Waals surface area contributed by atoms with Crippen molar-refractivity contribution in [3.05, 3.63) is 23.9 Å². The summed E-state index contributed by atoms with van der Waals surface area (Å²) >= 11 is 0. The summed E-state index contributed by atoms with van der Waals surface area (Å²) < 4.78 is 74.5. The number of nitrogens with one attached hydrogen (secondary N) is 1. The smallest absolute Gasteiger partial charge is 0.432 e. The normalized spacial score (nSPS) is 19.0. The Labute approximate surface area is 141 Å². The van der Waals surface area contributed by atoms with Gasteiger partial charge < -0.3 is 9.15 Å². The van der Waals surface area contributed by atoms with Crippen LogP contribution in [-0.2, 0) is 20.9 Å². The van der Waals surface area contributed by atoms with E-state index in [0.717, 1.165) is 23.2 Å². The Morgan fingerprint density at radius 1 is 1.40 bits per heavy atom. The zero-order valence-corrected chi connectivity index (χ0v) is 14.0. The minimum absolute atomic E-state index is 0.0733. The Morgan fingerprint density at radius 2 is 2.16 bits per heavy atom. The van der Waals surface area contributed by atoms with Gasteiger partial charge in [0, 0.05) is 20.2 Å². The third kappa shape index (κ3) is 3.72. The number of furan rings is 1. The summed E-state index contributed by atoms with van der Waals surface area (Å²) in [4.78, 5) is 0. The Kier molecular flexibility index (Phi) is 4.64. The van der Waals surface area contributed by atoms with E-state index in [9.17, 15) is 21.6 Å². The average molecular weight is 379 g/mol. The van der Waals surface area contributed by atoms with Gasteiger partial charge in [-0.25, -0.2) is 8.42 Å². The number of aromatic amines is 1. The molecule has 0 bridgehead atoms. The summed E-state index contributed by atoms with van der Waals surface area (Å²) in [5.74, 6) is -0.0733. The van der Waals surface area contributed by atoms with Crippen LogP contribution in [0.2, 0.25) is 0 Å². The number of aromatic nitrogens is 2. The van der Waals surface area contributed by atoms with Crippen molar-refractivity contribution in [2.45, 2.75) is 30.2 Å². The molecule has 0 amide bonds. The molecule has 1 N–H and O–H groups in total. The Hall–Kier alpha value is -1.85. The van der Waals surface area contributed by atoms with Gasteiger partial charge in [0.1, 0.15) is 11.4 Å². The zero-order chi connectivity index (χ0) is 18.2. The molecule has 2 aromatic rings. The number of ether oxygens (including phenoxy) is 1. The van der Waals surface area contributed by atoms with Gasteiger partial charge in [-0.2, -0.15) is 22.6 Å². The lowest BCUT2D eigenvalue weighted by Gasteiger charge is -2.19. The maximum Gasteiger partial charge on any atom is 0.432 e. The van der Waals surface area contributed by atoms with Crippen LogP contribution in [0, 0.1) is 0 Å². The summed E-state index contributed by atoms with van der Waals surface area (Å²) in [5.41, 5.74) is -1.17. The van der Waals surface area contributed by atoms with Gasteiger partial charge in [0.25, 0.3) is 10.0 Å². The van der Waals surface area contributed by atoms with Crippen molar-refractivity contribution in [1.29, 1.82) is 0 Å². The molecule has 1 atom stereocenters. The van der Waals surface area contributed by atoms with Gasteiger partial charge in [-0.05, 0) is 31.0 Å². The Morgan fingerprint density at radius 3 is 2.76 bits per heavy atom. The molecule has 3 heterocycles. The fourth-order valence-electron chi connectivity index (χ4n) is 2.52. The van der Waals surface area contributed by atoms with Gasteiger partial charge in [0.2, 0.25) is 5.09 Å². The predicted octanol–water partition coefficient (Wildman–Crippen LogP) is 2.49. The van der Waals surface area contributed by atoms with Crippen LogP contribution in [0.25, 0.3) is 11.5 Å². The van der Waals surface area contributed by atoms with Crippen molar-refractivity contribution in [2.75, 3.05) is 20.2 Å². The number of likely N-dealkylation sites (N-methyl/N-ethyl adjacent to an activating group) is 1. The van der Waals surface area contributed by atoms with Crippen LogP contribution in [-0.4, -0.2) is 49.2 Å². The minimum atomic E-state index is -4.58. The van der Waals surface area contributed by atoms with Crippen molar-refractivity contribution in [1.82, 2.24) is 14.5 Å². The molecule has 0 unspecified atom stereocenters. The predicted molar refractivity (Wildman–Crippen MR) is 80.1 cm³/mol. The van der Waals surface area contributed by atoms with E-state index in [1.54, 1.807) is 0 Å². The van der Waals surface area contributed by atoms with Gasteiger partial charge in [0.15, 0.2) is 5.76 Å². The molecule has 7 nitrogen and oxygen atoms in total. The molecule has 1 fully saturated rings. The van der Waals surface area contributed by atoms with Crippen molar-refractivity contribution in [3.8, 4) is 11.5 Å². The number of sulfonamides is 1. The topological polar surface area (TPSA) is 88.4 Å². The van der Waals surface area contributed by atoms with Crippen molar-refractivity contribution < 1.29 is 30.7 Å². The van der Waals surface area contributed by atoms with E-state index in [0.29, 0.717) is 6.61 Å². The molecular weight excluding hydrogens is 363 g/mol. The first kappa shape index (κ1) is 18.0. The first-order valence-electron chi connectivity index (χ1n) is 7.48. The van der Waals surface area contributed by atoms with Crippen LogP contribution in [0.5, 0.6) is 0 Å². The molecule has 0 spiro atoms. The molecule has 2 aromatic heterocycles. The standard InChI is InChI=1S/C14H16F3N3O4S/c1-20(8-9-3-2-6-23-9)25(21,22)13-5-4-11(24-13)10-7-12(19-18-10)14(15,16)17/h4-5,7,9H,2-3,6,8H2,1H3,(H,18,19)/t9-/m1/s1. The van der Waals surface area contributed by atoms with Crippen LogP contribution in [0.3, 0.4) is 0 Å². The van der Waals surface area contributed by atoms with Gasteiger partial charge in [-0.1, -0.05) is 0 Å². The van der Waals surface area contributed by atoms with E-state index >= 15 is 0 Å². The van der Waals surface area contributed by atoms with Crippen LogP contribution in [0.4, 0.5) is 13.2 Å². The van der Waals surface area contributed by atoms with Crippen LogP contribution < -0.4 is 0 Å². The Balaban J connectivity index is 1.78. The van der Waals surface area contributed by atoms with E-state index in [-0.39, 0.29) is 29.2 Å². The molecule has 0 aliphatic carbocycles. The molecule has 1 aliphatic heterocycles. The van der Waals surface area contributed by atoms with E-state index in [1.165, 1.54) is 19.2 Å². The molecule has 11 heteroatoms. The number of rotatable bonds is 5. The summed E-state index contributed by atoms with van der Waals surface area (Å²) in [6.45, 7) is 0.781. The lowest BCUT2D eigenvalue weighted by Crippen LogP contribution is -2.33. The summed E-state index contributed by atoms with van der Waals surface area (Å²) in [6.07, 6.45) is -3.09. The Bertz CT molecular complexity index is 838. The molecule has 3 rings (SSSR count). The lowest BCUT2D eigenvalue weighted by molar-refractivity contribution is -0.141. The van der Waals surface area contributed by atoms with Gasteiger partial charge in [0.05, 0.1) is 6.10 Å². The number of hydrogen-bond donors (Lipinski definition) is 1. The van der Waals surface area contributed by atoms with Crippen LogP contribution in [0.1, 0.15) is 18.5 Å². The zero-order valence-electron chi connectivity index (χ0n) is 13.2. The summed E-state index contributed by atoms with van der Waals surface area (Å²) in [7, 11) is -2.51. The molecule has 0 aromatic carbocycles. The van der Waals surface area contributed by atoms with E-state index < -0.39 is 21.9 Å². The third-order valence-corrected chi connectivity index (χ3v) is 5.56. The highest BCUT2D eigenvalue weighted by Gasteiger charge is 2.34. The highest BCUT2D eigenvalue weighted by Crippen LogP contribution is 2.31. The average Bonchev–Trinajstić information content (AvgIpc) is 3.26. The fraction of sp³-hybridized carbons (Fsp3) is 0.500.